The zero-order valence-corrected chi connectivity index (χ0v) is 11.1. The Bertz CT molecular complexity index is 534. The molecule has 0 radical (unpaired) electrons. The minimum Gasteiger partial charge on any atom is -0.322 e. The normalized spacial score (nSPS) is 10.7. The zero-order chi connectivity index (χ0) is 13.7. The summed E-state index contributed by atoms with van der Waals surface area (Å²) in [5.41, 5.74) is 2.44. The van der Waals surface area contributed by atoms with Crippen LogP contribution in [0.25, 0.3) is 0 Å². The predicted octanol–water partition coefficient (Wildman–Crippen LogP) is 2.16. The summed E-state index contributed by atoms with van der Waals surface area (Å²) in [6.07, 6.45) is 3.07. The van der Waals surface area contributed by atoms with Crippen molar-refractivity contribution in [1.82, 2.24) is 15.5 Å². The van der Waals surface area contributed by atoms with Crippen molar-refractivity contribution in [3.8, 4) is 0 Å². The number of anilines is 1. The van der Waals surface area contributed by atoms with E-state index in [0.717, 1.165) is 17.8 Å². The third-order valence-corrected chi connectivity index (χ3v) is 2.66. The fourth-order valence-electron chi connectivity index (χ4n) is 1.66. The van der Waals surface area contributed by atoms with Gasteiger partial charge in [0.05, 0.1) is 11.8 Å². The first-order valence-corrected chi connectivity index (χ1v) is 6.27. The standard InChI is InChI=1S/C14H18N4O/c1-10(2)15-7-11-4-3-5-13(6-11)18-14(19)12-8-16-17-9-12/h3-6,8-10,15H,7H2,1-2H3,(H,16,17)(H,18,19). The van der Waals surface area contributed by atoms with E-state index in [9.17, 15) is 4.79 Å². The van der Waals surface area contributed by atoms with Crippen molar-refractivity contribution in [2.45, 2.75) is 26.4 Å². The number of aromatic amines is 1. The summed E-state index contributed by atoms with van der Waals surface area (Å²) in [7, 11) is 0. The van der Waals surface area contributed by atoms with Crippen molar-refractivity contribution in [3.63, 3.8) is 0 Å². The Morgan fingerprint density at radius 2 is 2.26 bits per heavy atom. The third-order valence-electron chi connectivity index (χ3n) is 2.66. The molecule has 0 atom stereocenters. The van der Waals surface area contributed by atoms with E-state index in [1.165, 1.54) is 6.20 Å². The van der Waals surface area contributed by atoms with Crippen LogP contribution in [0.5, 0.6) is 0 Å². The highest BCUT2D eigenvalue weighted by molar-refractivity contribution is 6.03. The van der Waals surface area contributed by atoms with Crippen LogP contribution in [0.15, 0.2) is 36.7 Å². The van der Waals surface area contributed by atoms with Gasteiger partial charge in [0.15, 0.2) is 0 Å². The van der Waals surface area contributed by atoms with Gasteiger partial charge in [-0.25, -0.2) is 0 Å². The molecule has 0 bridgehead atoms. The predicted molar refractivity (Wildman–Crippen MR) is 75.0 cm³/mol. The molecule has 0 aliphatic carbocycles. The van der Waals surface area contributed by atoms with Crippen LogP contribution in [-0.2, 0) is 6.54 Å². The van der Waals surface area contributed by atoms with Gasteiger partial charge in [-0.3, -0.25) is 9.89 Å². The Kier molecular flexibility index (Phi) is 4.30. The second kappa shape index (κ2) is 6.15. The number of nitrogens with zero attached hydrogens (tertiary/aromatic N) is 1. The average Bonchev–Trinajstić information content (AvgIpc) is 2.91. The lowest BCUT2D eigenvalue weighted by Crippen LogP contribution is -2.21. The molecule has 0 fully saturated rings. The number of benzene rings is 1. The highest BCUT2D eigenvalue weighted by Gasteiger charge is 2.07. The van der Waals surface area contributed by atoms with Gasteiger partial charge in [0.25, 0.3) is 5.91 Å². The first-order chi connectivity index (χ1) is 9.15. The van der Waals surface area contributed by atoms with Crippen molar-refractivity contribution in [2.75, 3.05) is 5.32 Å². The maximum absolute atomic E-state index is 11.9. The number of aromatic nitrogens is 2. The summed E-state index contributed by atoms with van der Waals surface area (Å²) in [5.74, 6) is -0.164. The fraction of sp³-hybridized carbons (Fsp3) is 0.286. The number of carbonyl (C=O) groups excluding carboxylic acids is 1. The fourth-order valence-corrected chi connectivity index (χ4v) is 1.66. The van der Waals surface area contributed by atoms with Crippen molar-refractivity contribution < 1.29 is 4.79 Å². The first kappa shape index (κ1) is 13.3. The Hall–Kier alpha value is -2.14. The van der Waals surface area contributed by atoms with E-state index in [2.05, 4.69) is 34.7 Å². The van der Waals surface area contributed by atoms with Gasteiger partial charge in [0, 0.05) is 24.5 Å². The lowest BCUT2D eigenvalue weighted by Gasteiger charge is -2.10. The minimum absolute atomic E-state index is 0.164. The van der Waals surface area contributed by atoms with Gasteiger partial charge < -0.3 is 10.6 Å². The number of hydrogen-bond donors (Lipinski definition) is 3. The van der Waals surface area contributed by atoms with Crippen LogP contribution < -0.4 is 10.6 Å². The number of H-pyrrole nitrogens is 1. The lowest BCUT2D eigenvalue weighted by molar-refractivity contribution is 0.102. The molecule has 1 heterocycles. The minimum atomic E-state index is -0.164. The third kappa shape index (κ3) is 3.93. The Morgan fingerprint density at radius 1 is 1.42 bits per heavy atom. The van der Waals surface area contributed by atoms with Crippen LogP contribution in [0.3, 0.4) is 0 Å². The van der Waals surface area contributed by atoms with Gasteiger partial charge in [0.1, 0.15) is 0 Å². The molecule has 5 nitrogen and oxygen atoms in total. The molecular weight excluding hydrogens is 240 g/mol. The van der Waals surface area contributed by atoms with Gasteiger partial charge in [-0.15, -0.1) is 0 Å². The number of amides is 1. The zero-order valence-electron chi connectivity index (χ0n) is 11.1. The molecule has 0 spiro atoms. The number of rotatable bonds is 5. The summed E-state index contributed by atoms with van der Waals surface area (Å²) in [5, 5.41) is 12.6. The number of carbonyl (C=O) groups is 1. The molecule has 5 heteroatoms. The Balaban J connectivity index is 2.01. The van der Waals surface area contributed by atoms with E-state index in [4.69, 9.17) is 0 Å². The molecule has 0 unspecified atom stereocenters. The van der Waals surface area contributed by atoms with Crippen molar-refractivity contribution in [2.24, 2.45) is 0 Å². The van der Waals surface area contributed by atoms with Crippen LogP contribution in [0, 0.1) is 0 Å². The quantitative estimate of drug-likeness (QED) is 0.769. The molecule has 0 aliphatic heterocycles. The maximum Gasteiger partial charge on any atom is 0.258 e. The topological polar surface area (TPSA) is 69.8 Å². The summed E-state index contributed by atoms with van der Waals surface area (Å²) in [6, 6.07) is 8.24. The second-order valence-electron chi connectivity index (χ2n) is 4.68. The van der Waals surface area contributed by atoms with E-state index in [0.29, 0.717) is 11.6 Å². The summed E-state index contributed by atoms with van der Waals surface area (Å²) in [4.78, 5) is 11.9. The lowest BCUT2D eigenvalue weighted by atomic mass is 10.2. The molecule has 0 saturated heterocycles. The van der Waals surface area contributed by atoms with E-state index in [1.54, 1.807) is 6.20 Å². The van der Waals surface area contributed by atoms with Crippen LogP contribution in [0.1, 0.15) is 29.8 Å². The molecule has 1 aromatic carbocycles. The van der Waals surface area contributed by atoms with Crippen molar-refractivity contribution in [3.05, 3.63) is 47.8 Å². The van der Waals surface area contributed by atoms with Gasteiger partial charge in [-0.05, 0) is 17.7 Å². The highest BCUT2D eigenvalue weighted by Crippen LogP contribution is 2.12. The molecule has 100 valence electrons. The van der Waals surface area contributed by atoms with E-state index >= 15 is 0 Å². The van der Waals surface area contributed by atoms with Crippen LogP contribution >= 0.6 is 0 Å². The monoisotopic (exact) mass is 258 g/mol. The van der Waals surface area contributed by atoms with Crippen LogP contribution in [0.2, 0.25) is 0 Å². The first-order valence-electron chi connectivity index (χ1n) is 6.27. The van der Waals surface area contributed by atoms with Crippen molar-refractivity contribution in [1.29, 1.82) is 0 Å². The molecule has 0 saturated carbocycles. The van der Waals surface area contributed by atoms with Crippen LogP contribution in [0.4, 0.5) is 5.69 Å². The van der Waals surface area contributed by atoms with Gasteiger partial charge in [0.2, 0.25) is 0 Å². The van der Waals surface area contributed by atoms with E-state index in [-0.39, 0.29) is 5.91 Å². The largest absolute Gasteiger partial charge is 0.322 e. The van der Waals surface area contributed by atoms with Gasteiger partial charge in [-0.1, -0.05) is 26.0 Å². The molecule has 1 aromatic heterocycles. The maximum atomic E-state index is 11.9. The molecule has 1 amide bonds. The van der Waals surface area contributed by atoms with E-state index in [1.807, 2.05) is 24.3 Å². The summed E-state index contributed by atoms with van der Waals surface area (Å²) >= 11 is 0. The average molecular weight is 258 g/mol. The smallest absolute Gasteiger partial charge is 0.258 e. The summed E-state index contributed by atoms with van der Waals surface area (Å²) < 4.78 is 0. The highest BCUT2D eigenvalue weighted by atomic mass is 16.1. The van der Waals surface area contributed by atoms with Gasteiger partial charge >= 0.3 is 0 Å². The molecule has 0 aliphatic rings. The van der Waals surface area contributed by atoms with Crippen LogP contribution in [-0.4, -0.2) is 22.1 Å². The molecule has 19 heavy (non-hydrogen) atoms. The molecular formula is C14H18N4O. The number of hydrogen-bond acceptors (Lipinski definition) is 3. The summed E-state index contributed by atoms with van der Waals surface area (Å²) in [6.45, 7) is 4.99. The van der Waals surface area contributed by atoms with E-state index < -0.39 is 0 Å². The molecule has 2 rings (SSSR count). The SMILES string of the molecule is CC(C)NCc1cccc(NC(=O)c2cn[nH]c2)c1. The molecule has 2 aromatic rings. The van der Waals surface area contributed by atoms with Crippen molar-refractivity contribution >= 4 is 11.6 Å². The Morgan fingerprint density at radius 3 is 2.95 bits per heavy atom. The molecule has 3 N–H and O–H groups in total. The number of nitrogens with one attached hydrogen (secondary N) is 3. The Labute approximate surface area is 112 Å². The second-order valence-corrected chi connectivity index (χ2v) is 4.68. The van der Waals surface area contributed by atoms with Gasteiger partial charge in [-0.2, -0.15) is 5.10 Å².